The highest BCUT2D eigenvalue weighted by Crippen LogP contribution is 2.36. The Balaban J connectivity index is 2.25. The van der Waals surface area contributed by atoms with Crippen LogP contribution in [0.15, 0.2) is 0 Å². The molecule has 0 saturated heterocycles. The first-order chi connectivity index (χ1) is 7.22. The highest BCUT2D eigenvalue weighted by molar-refractivity contribution is 7.98. The molecule has 0 heterocycles. The predicted octanol–water partition coefficient (Wildman–Crippen LogP) is 1.41. The Hall–Kier alpha value is -0.220. The van der Waals surface area contributed by atoms with Gasteiger partial charge in [-0.25, -0.2) is 0 Å². The quantitative estimate of drug-likeness (QED) is 0.726. The first-order valence-electron chi connectivity index (χ1n) is 5.59. The van der Waals surface area contributed by atoms with Crippen molar-refractivity contribution in [3.05, 3.63) is 0 Å². The highest BCUT2D eigenvalue weighted by Gasteiger charge is 2.33. The molecule has 0 aromatic rings. The summed E-state index contributed by atoms with van der Waals surface area (Å²) < 4.78 is 0. The second kappa shape index (κ2) is 6.38. The van der Waals surface area contributed by atoms with Crippen LogP contribution in [-0.4, -0.2) is 36.2 Å². The van der Waals surface area contributed by atoms with E-state index in [1.165, 1.54) is 12.8 Å². The maximum atomic E-state index is 11.4. The molecule has 0 unspecified atom stereocenters. The Morgan fingerprint density at radius 3 is 2.67 bits per heavy atom. The molecule has 1 saturated carbocycles. The molecule has 2 N–H and O–H groups in total. The van der Waals surface area contributed by atoms with Crippen LogP contribution in [0.3, 0.4) is 0 Å². The minimum atomic E-state index is -0.0188. The van der Waals surface area contributed by atoms with Gasteiger partial charge >= 0.3 is 0 Å². The molecule has 0 atom stereocenters. The first kappa shape index (κ1) is 12.8. The second-order valence-electron chi connectivity index (χ2n) is 4.38. The van der Waals surface area contributed by atoms with Crippen molar-refractivity contribution in [2.75, 3.05) is 25.2 Å². The molecule has 1 fully saturated rings. The van der Waals surface area contributed by atoms with Crippen LogP contribution in [0.4, 0.5) is 0 Å². The number of hydrogen-bond donors (Lipinski definition) is 2. The summed E-state index contributed by atoms with van der Waals surface area (Å²) in [5.41, 5.74) is -0.0188. The number of aliphatic hydroxyl groups excluding tert-OH is 1. The van der Waals surface area contributed by atoms with Crippen LogP contribution in [0.1, 0.15) is 32.1 Å². The van der Waals surface area contributed by atoms with E-state index >= 15 is 0 Å². The van der Waals surface area contributed by atoms with Crippen molar-refractivity contribution >= 4 is 17.7 Å². The van der Waals surface area contributed by atoms with Gasteiger partial charge in [0.25, 0.3) is 0 Å². The summed E-state index contributed by atoms with van der Waals surface area (Å²) in [6.07, 6.45) is 7.04. The van der Waals surface area contributed by atoms with E-state index in [9.17, 15) is 9.90 Å². The van der Waals surface area contributed by atoms with E-state index in [0.717, 1.165) is 18.6 Å². The van der Waals surface area contributed by atoms with Gasteiger partial charge in [0.15, 0.2) is 0 Å². The third-order valence-corrected chi connectivity index (χ3v) is 3.81. The highest BCUT2D eigenvalue weighted by atomic mass is 32.2. The minimum Gasteiger partial charge on any atom is -0.396 e. The number of rotatable bonds is 6. The van der Waals surface area contributed by atoms with Gasteiger partial charge in [-0.05, 0) is 19.1 Å². The van der Waals surface area contributed by atoms with Crippen LogP contribution in [0, 0.1) is 5.41 Å². The van der Waals surface area contributed by atoms with Gasteiger partial charge in [-0.3, -0.25) is 4.79 Å². The zero-order chi connectivity index (χ0) is 11.1. The van der Waals surface area contributed by atoms with Crippen LogP contribution >= 0.6 is 11.8 Å². The van der Waals surface area contributed by atoms with E-state index in [4.69, 9.17) is 0 Å². The predicted molar refractivity (Wildman–Crippen MR) is 64.0 cm³/mol. The number of thioether (sulfide) groups is 1. The van der Waals surface area contributed by atoms with Crippen molar-refractivity contribution in [3.63, 3.8) is 0 Å². The van der Waals surface area contributed by atoms with Crippen molar-refractivity contribution in [2.45, 2.75) is 32.1 Å². The summed E-state index contributed by atoms with van der Waals surface area (Å²) in [4.78, 5) is 11.4. The van der Waals surface area contributed by atoms with Gasteiger partial charge < -0.3 is 10.4 Å². The topological polar surface area (TPSA) is 49.3 Å². The lowest BCUT2D eigenvalue weighted by atomic mass is 9.87. The van der Waals surface area contributed by atoms with E-state index in [-0.39, 0.29) is 17.9 Å². The van der Waals surface area contributed by atoms with E-state index < -0.39 is 0 Å². The van der Waals surface area contributed by atoms with Crippen molar-refractivity contribution in [1.82, 2.24) is 5.32 Å². The number of nitrogens with one attached hydrogen (secondary N) is 1. The normalized spacial score (nSPS) is 19.1. The molecule has 1 amide bonds. The van der Waals surface area contributed by atoms with Gasteiger partial charge in [-0.15, -0.1) is 0 Å². The Morgan fingerprint density at radius 2 is 2.13 bits per heavy atom. The van der Waals surface area contributed by atoms with Crippen molar-refractivity contribution in [2.24, 2.45) is 5.41 Å². The molecule has 1 aliphatic carbocycles. The minimum absolute atomic E-state index is 0.0188. The molecule has 0 aromatic carbocycles. The molecule has 15 heavy (non-hydrogen) atoms. The zero-order valence-corrected chi connectivity index (χ0v) is 10.2. The number of amides is 1. The molecule has 88 valence electrons. The monoisotopic (exact) mass is 231 g/mol. The second-order valence-corrected chi connectivity index (χ2v) is 5.37. The van der Waals surface area contributed by atoms with Gasteiger partial charge in [-0.1, -0.05) is 12.8 Å². The number of hydrogen-bond acceptors (Lipinski definition) is 3. The number of aliphatic hydroxyl groups is 1. The molecule has 3 nitrogen and oxygen atoms in total. The lowest BCUT2D eigenvalue weighted by molar-refractivity contribution is -0.121. The molecular weight excluding hydrogens is 210 g/mol. The molecule has 0 radical (unpaired) electrons. The van der Waals surface area contributed by atoms with Crippen molar-refractivity contribution in [3.8, 4) is 0 Å². The molecule has 1 aliphatic rings. The third kappa shape index (κ3) is 4.03. The van der Waals surface area contributed by atoms with Gasteiger partial charge in [0, 0.05) is 24.1 Å². The van der Waals surface area contributed by atoms with Crippen LogP contribution in [0.5, 0.6) is 0 Å². The largest absolute Gasteiger partial charge is 0.396 e. The van der Waals surface area contributed by atoms with Gasteiger partial charge in [0.05, 0.1) is 6.61 Å². The van der Waals surface area contributed by atoms with Gasteiger partial charge in [0.2, 0.25) is 5.91 Å². The summed E-state index contributed by atoms with van der Waals surface area (Å²) >= 11 is 1.68. The molecule has 4 heteroatoms. The summed E-state index contributed by atoms with van der Waals surface area (Å²) in [5, 5.41) is 12.3. The smallest absolute Gasteiger partial charge is 0.220 e. The fourth-order valence-electron chi connectivity index (χ4n) is 2.09. The van der Waals surface area contributed by atoms with E-state index in [1.807, 2.05) is 6.26 Å². The summed E-state index contributed by atoms with van der Waals surface area (Å²) in [5.74, 6) is 0.988. The molecule has 1 rings (SSSR count). The molecular formula is C11H21NO2S. The Morgan fingerprint density at radius 1 is 1.47 bits per heavy atom. The SMILES string of the molecule is CSCCC(=O)NCC1(CO)CCCC1. The summed E-state index contributed by atoms with van der Waals surface area (Å²) in [6, 6.07) is 0. The van der Waals surface area contributed by atoms with Crippen LogP contribution < -0.4 is 5.32 Å². The Labute approximate surface area is 96.0 Å². The zero-order valence-electron chi connectivity index (χ0n) is 9.42. The third-order valence-electron chi connectivity index (χ3n) is 3.19. The fraction of sp³-hybridized carbons (Fsp3) is 0.909. The maximum absolute atomic E-state index is 11.4. The molecule has 0 aromatic heterocycles. The molecule has 0 aliphatic heterocycles. The molecule has 0 spiro atoms. The van der Waals surface area contributed by atoms with Crippen molar-refractivity contribution < 1.29 is 9.90 Å². The van der Waals surface area contributed by atoms with Crippen molar-refractivity contribution in [1.29, 1.82) is 0 Å². The van der Waals surface area contributed by atoms with Crippen LogP contribution in [0.25, 0.3) is 0 Å². The summed E-state index contributed by atoms with van der Waals surface area (Å²) in [6.45, 7) is 0.854. The molecule has 0 bridgehead atoms. The average Bonchev–Trinajstić information content (AvgIpc) is 2.73. The summed E-state index contributed by atoms with van der Waals surface area (Å²) in [7, 11) is 0. The van der Waals surface area contributed by atoms with E-state index in [2.05, 4.69) is 5.32 Å². The van der Waals surface area contributed by atoms with Crippen LogP contribution in [-0.2, 0) is 4.79 Å². The van der Waals surface area contributed by atoms with Gasteiger partial charge in [-0.2, -0.15) is 11.8 Å². The first-order valence-corrected chi connectivity index (χ1v) is 6.98. The maximum Gasteiger partial charge on any atom is 0.220 e. The van der Waals surface area contributed by atoms with E-state index in [1.54, 1.807) is 11.8 Å². The Kier molecular flexibility index (Phi) is 5.47. The van der Waals surface area contributed by atoms with E-state index in [0.29, 0.717) is 13.0 Å². The Bertz CT molecular complexity index is 203. The van der Waals surface area contributed by atoms with Crippen LogP contribution in [0.2, 0.25) is 0 Å². The number of carbonyl (C=O) groups excluding carboxylic acids is 1. The number of carbonyl (C=O) groups is 1. The standard InChI is InChI=1S/C11H21NO2S/c1-15-7-4-10(14)12-8-11(9-13)5-2-3-6-11/h13H,2-9H2,1H3,(H,12,14). The lowest BCUT2D eigenvalue weighted by Crippen LogP contribution is -2.38. The average molecular weight is 231 g/mol. The fourth-order valence-corrected chi connectivity index (χ4v) is 2.47. The van der Waals surface area contributed by atoms with Gasteiger partial charge in [0.1, 0.15) is 0 Å². The lowest BCUT2D eigenvalue weighted by Gasteiger charge is -2.26.